The minimum absolute atomic E-state index is 0.0196. The molecular weight excluding hydrogens is 406 g/mol. The fraction of sp³-hybridized carbons (Fsp3) is 0. The molecule has 1 N–H and O–H groups in total. The summed E-state index contributed by atoms with van der Waals surface area (Å²) in [7, 11) is 0. The van der Waals surface area contributed by atoms with Crippen LogP contribution in [0.3, 0.4) is 0 Å². The molecular formula is C21H12BrN3O2. The fourth-order valence-electron chi connectivity index (χ4n) is 3.17. The third-order valence-electron chi connectivity index (χ3n) is 4.49. The van der Waals surface area contributed by atoms with Crippen LogP contribution in [0.15, 0.2) is 80.4 Å². The zero-order valence-corrected chi connectivity index (χ0v) is 15.5. The molecule has 2 heterocycles. The standard InChI is InChI=1S/C21H12BrN3O2/c22-13-10-8-12(9-11-13)20-24-25-21(27-20)16-6-3-5-15-18(16)23-17-7-2-1-4-14(17)19(15)26/h1-11H,(H,23,26). The summed E-state index contributed by atoms with van der Waals surface area (Å²) in [5, 5.41) is 9.60. The molecule has 27 heavy (non-hydrogen) atoms. The number of fused-ring (bicyclic) bond motifs is 2. The number of nitrogens with zero attached hydrogens (tertiary/aromatic N) is 2. The minimum atomic E-state index is -0.0196. The van der Waals surface area contributed by atoms with E-state index in [1.165, 1.54) is 0 Å². The average molecular weight is 418 g/mol. The molecule has 0 spiro atoms. The van der Waals surface area contributed by atoms with E-state index >= 15 is 0 Å². The molecule has 0 saturated carbocycles. The molecule has 0 radical (unpaired) electrons. The van der Waals surface area contributed by atoms with Crippen molar-refractivity contribution in [3.05, 3.63) is 81.4 Å². The van der Waals surface area contributed by atoms with Crippen LogP contribution in [0.1, 0.15) is 0 Å². The molecule has 0 aliphatic carbocycles. The molecule has 0 aliphatic heterocycles. The van der Waals surface area contributed by atoms with Gasteiger partial charge in [0.1, 0.15) is 0 Å². The van der Waals surface area contributed by atoms with E-state index in [4.69, 9.17) is 4.42 Å². The molecule has 0 fully saturated rings. The molecule has 3 aromatic carbocycles. The quantitative estimate of drug-likeness (QED) is 0.402. The highest BCUT2D eigenvalue weighted by Crippen LogP contribution is 2.29. The van der Waals surface area contributed by atoms with E-state index in [1.807, 2.05) is 60.7 Å². The van der Waals surface area contributed by atoms with Gasteiger partial charge in [-0.3, -0.25) is 4.79 Å². The summed E-state index contributed by atoms with van der Waals surface area (Å²) < 4.78 is 6.87. The first-order valence-electron chi connectivity index (χ1n) is 8.34. The average Bonchev–Trinajstić information content (AvgIpc) is 3.18. The maximum atomic E-state index is 12.8. The van der Waals surface area contributed by atoms with Crippen molar-refractivity contribution in [2.75, 3.05) is 0 Å². The smallest absolute Gasteiger partial charge is 0.250 e. The van der Waals surface area contributed by atoms with Gasteiger partial charge in [0.15, 0.2) is 5.43 Å². The number of aromatic amines is 1. The molecule has 130 valence electrons. The number of pyridine rings is 1. The topological polar surface area (TPSA) is 71.8 Å². The lowest BCUT2D eigenvalue weighted by Crippen LogP contribution is -2.04. The molecule has 5 nitrogen and oxygen atoms in total. The van der Waals surface area contributed by atoms with Crippen molar-refractivity contribution >= 4 is 37.7 Å². The molecule has 2 aromatic heterocycles. The van der Waals surface area contributed by atoms with Gasteiger partial charge >= 0.3 is 0 Å². The Balaban J connectivity index is 1.72. The predicted molar refractivity (Wildman–Crippen MR) is 109 cm³/mol. The van der Waals surface area contributed by atoms with Gasteiger partial charge in [-0.2, -0.15) is 0 Å². The van der Waals surface area contributed by atoms with Crippen LogP contribution in [0.5, 0.6) is 0 Å². The first kappa shape index (κ1) is 16.0. The van der Waals surface area contributed by atoms with Crippen molar-refractivity contribution in [3.63, 3.8) is 0 Å². The Morgan fingerprint density at radius 2 is 1.56 bits per heavy atom. The maximum Gasteiger partial charge on any atom is 0.250 e. The predicted octanol–water partition coefficient (Wildman–Crippen LogP) is 5.16. The molecule has 5 rings (SSSR count). The molecule has 0 unspecified atom stereocenters. The van der Waals surface area contributed by atoms with Gasteiger partial charge in [-0.15, -0.1) is 10.2 Å². The van der Waals surface area contributed by atoms with Gasteiger partial charge in [-0.05, 0) is 48.5 Å². The highest BCUT2D eigenvalue weighted by molar-refractivity contribution is 9.10. The van der Waals surface area contributed by atoms with E-state index in [1.54, 1.807) is 6.07 Å². The summed E-state index contributed by atoms with van der Waals surface area (Å²) in [6, 6.07) is 20.6. The van der Waals surface area contributed by atoms with Gasteiger partial charge in [0.2, 0.25) is 11.8 Å². The third-order valence-corrected chi connectivity index (χ3v) is 5.02. The lowest BCUT2D eigenvalue weighted by atomic mass is 10.1. The van der Waals surface area contributed by atoms with Crippen LogP contribution >= 0.6 is 15.9 Å². The number of hydrogen-bond acceptors (Lipinski definition) is 4. The summed E-state index contributed by atoms with van der Waals surface area (Å²) >= 11 is 3.41. The number of hydrogen-bond donors (Lipinski definition) is 1. The molecule has 5 aromatic rings. The summed E-state index contributed by atoms with van der Waals surface area (Å²) in [5.74, 6) is 0.794. The molecule has 6 heteroatoms. The second kappa shape index (κ2) is 6.17. The lowest BCUT2D eigenvalue weighted by molar-refractivity contribution is 0.585. The molecule has 0 atom stereocenters. The van der Waals surface area contributed by atoms with E-state index in [0.717, 1.165) is 15.6 Å². The zero-order valence-electron chi connectivity index (χ0n) is 13.9. The monoisotopic (exact) mass is 417 g/mol. The summed E-state index contributed by atoms with van der Waals surface area (Å²) in [6.45, 7) is 0. The van der Waals surface area contributed by atoms with E-state index in [0.29, 0.717) is 33.6 Å². The Hall–Kier alpha value is -3.25. The van der Waals surface area contributed by atoms with Crippen molar-refractivity contribution in [2.24, 2.45) is 0 Å². The highest BCUT2D eigenvalue weighted by atomic mass is 79.9. The minimum Gasteiger partial charge on any atom is -0.416 e. The number of para-hydroxylation sites is 2. The van der Waals surface area contributed by atoms with Gasteiger partial charge in [0.25, 0.3) is 0 Å². The van der Waals surface area contributed by atoms with Crippen molar-refractivity contribution in [1.29, 1.82) is 0 Å². The van der Waals surface area contributed by atoms with Crippen LogP contribution in [-0.2, 0) is 0 Å². The SMILES string of the molecule is O=c1c2ccccc2[nH]c2c(-c3nnc(-c4ccc(Br)cc4)o3)cccc12. The number of H-pyrrole nitrogens is 1. The number of aromatic nitrogens is 3. The van der Waals surface area contributed by atoms with E-state index in [2.05, 4.69) is 31.1 Å². The van der Waals surface area contributed by atoms with Crippen molar-refractivity contribution in [3.8, 4) is 22.9 Å². The second-order valence-corrected chi connectivity index (χ2v) is 7.06. The van der Waals surface area contributed by atoms with E-state index in [9.17, 15) is 4.79 Å². The van der Waals surface area contributed by atoms with Gasteiger partial charge in [0, 0.05) is 26.3 Å². The van der Waals surface area contributed by atoms with Crippen LogP contribution in [0.25, 0.3) is 44.7 Å². The fourth-order valence-corrected chi connectivity index (χ4v) is 3.43. The first-order valence-corrected chi connectivity index (χ1v) is 9.13. The Kier molecular flexibility index (Phi) is 3.65. The van der Waals surface area contributed by atoms with E-state index < -0.39 is 0 Å². The van der Waals surface area contributed by atoms with Crippen LogP contribution in [-0.4, -0.2) is 15.2 Å². The van der Waals surface area contributed by atoms with Crippen molar-refractivity contribution < 1.29 is 4.42 Å². The number of halogens is 1. The number of rotatable bonds is 2. The van der Waals surface area contributed by atoms with Crippen LogP contribution < -0.4 is 5.43 Å². The molecule has 0 bridgehead atoms. The Morgan fingerprint density at radius 3 is 2.41 bits per heavy atom. The van der Waals surface area contributed by atoms with E-state index in [-0.39, 0.29) is 5.43 Å². The summed E-state index contributed by atoms with van der Waals surface area (Å²) in [4.78, 5) is 16.2. The Morgan fingerprint density at radius 1 is 0.815 bits per heavy atom. The molecule has 0 aliphatic rings. The molecule has 0 amide bonds. The number of nitrogens with one attached hydrogen (secondary N) is 1. The third kappa shape index (κ3) is 2.65. The summed E-state index contributed by atoms with van der Waals surface area (Å²) in [6.07, 6.45) is 0. The lowest BCUT2D eigenvalue weighted by Gasteiger charge is -2.05. The first-order chi connectivity index (χ1) is 13.2. The van der Waals surface area contributed by atoms with Gasteiger partial charge in [0.05, 0.1) is 11.1 Å². The Bertz CT molecular complexity index is 1350. The van der Waals surface area contributed by atoms with Crippen molar-refractivity contribution in [1.82, 2.24) is 15.2 Å². The maximum absolute atomic E-state index is 12.8. The Labute approximate surface area is 161 Å². The second-order valence-electron chi connectivity index (χ2n) is 6.15. The van der Waals surface area contributed by atoms with Crippen LogP contribution in [0, 0.1) is 0 Å². The highest BCUT2D eigenvalue weighted by Gasteiger charge is 2.15. The largest absolute Gasteiger partial charge is 0.416 e. The summed E-state index contributed by atoms with van der Waals surface area (Å²) in [5.41, 5.74) is 2.97. The van der Waals surface area contributed by atoms with Gasteiger partial charge in [-0.1, -0.05) is 34.1 Å². The van der Waals surface area contributed by atoms with Crippen LogP contribution in [0.2, 0.25) is 0 Å². The van der Waals surface area contributed by atoms with Gasteiger partial charge in [-0.25, -0.2) is 0 Å². The van der Waals surface area contributed by atoms with Crippen LogP contribution in [0.4, 0.5) is 0 Å². The van der Waals surface area contributed by atoms with Crippen molar-refractivity contribution in [2.45, 2.75) is 0 Å². The number of benzene rings is 3. The normalized spacial score (nSPS) is 11.3. The van der Waals surface area contributed by atoms with Gasteiger partial charge < -0.3 is 9.40 Å². The zero-order chi connectivity index (χ0) is 18.4. The molecule has 0 saturated heterocycles.